The Kier molecular flexibility index (Phi) is 2.52. The summed E-state index contributed by atoms with van der Waals surface area (Å²) in [5, 5.41) is 0. The molecule has 1 aliphatic rings. The van der Waals surface area contributed by atoms with Gasteiger partial charge < -0.3 is 10.5 Å². The number of hydrogen-bond donors (Lipinski definition) is 1. The number of hydrogen-bond acceptors (Lipinski definition) is 4. The molecule has 0 saturated heterocycles. The van der Waals surface area contributed by atoms with Gasteiger partial charge in [-0.15, -0.1) is 0 Å². The van der Waals surface area contributed by atoms with Crippen molar-refractivity contribution in [1.82, 2.24) is 9.55 Å². The first-order valence-electron chi connectivity index (χ1n) is 5.50. The van der Waals surface area contributed by atoms with E-state index in [1.165, 1.54) is 6.20 Å². The standard InChI is InChI=1S/C11H15F2N3O2/c1-9(2,3)18-8(17)16-4-7(15-6-16)10(14)5-11(10,12)13/h4,6H,5,14H2,1-3H3. The SMILES string of the molecule is CC(C)(C)OC(=O)n1cnc(C2(N)CC2(F)F)c1. The van der Waals surface area contributed by atoms with Crippen LogP contribution >= 0.6 is 0 Å². The average Bonchev–Trinajstić information content (AvgIpc) is 2.62. The zero-order valence-electron chi connectivity index (χ0n) is 10.4. The summed E-state index contributed by atoms with van der Waals surface area (Å²) < 4.78 is 32.2. The molecule has 0 radical (unpaired) electrons. The average molecular weight is 259 g/mol. The number of nitrogens with two attached hydrogens (primary N) is 1. The van der Waals surface area contributed by atoms with Crippen LogP contribution in [0.15, 0.2) is 12.5 Å². The van der Waals surface area contributed by atoms with E-state index in [1.54, 1.807) is 20.8 Å². The second kappa shape index (κ2) is 3.50. The zero-order valence-corrected chi connectivity index (χ0v) is 10.4. The third kappa shape index (κ3) is 2.10. The Hall–Kier alpha value is -1.50. The number of alkyl halides is 2. The topological polar surface area (TPSA) is 70.1 Å². The van der Waals surface area contributed by atoms with Gasteiger partial charge in [-0.3, -0.25) is 0 Å². The lowest BCUT2D eigenvalue weighted by molar-refractivity contribution is 0.0535. The molecule has 1 atom stereocenters. The lowest BCUT2D eigenvalue weighted by Crippen LogP contribution is -2.28. The molecule has 0 aromatic carbocycles. The number of halogens is 2. The molecular weight excluding hydrogens is 244 g/mol. The molecule has 1 aromatic rings. The zero-order chi connectivity index (χ0) is 13.8. The Bertz CT molecular complexity index is 493. The Morgan fingerprint density at radius 2 is 2.11 bits per heavy atom. The van der Waals surface area contributed by atoms with Gasteiger partial charge >= 0.3 is 6.09 Å². The van der Waals surface area contributed by atoms with E-state index in [0.717, 1.165) is 10.9 Å². The number of nitrogens with zero attached hydrogens (tertiary/aromatic N) is 2. The quantitative estimate of drug-likeness (QED) is 0.835. The van der Waals surface area contributed by atoms with Gasteiger partial charge in [0.05, 0.1) is 5.69 Å². The fourth-order valence-corrected chi connectivity index (χ4v) is 1.55. The highest BCUT2D eigenvalue weighted by Gasteiger charge is 2.71. The van der Waals surface area contributed by atoms with Crippen molar-refractivity contribution in [2.75, 3.05) is 0 Å². The molecule has 1 fully saturated rings. The monoisotopic (exact) mass is 259 g/mol. The van der Waals surface area contributed by atoms with Crippen LogP contribution in [0.25, 0.3) is 0 Å². The summed E-state index contributed by atoms with van der Waals surface area (Å²) in [5.74, 6) is -2.96. The Labute approximate surface area is 103 Å². The summed E-state index contributed by atoms with van der Waals surface area (Å²) in [6.07, 6.45) is 1.20. The van der Waals surface area contributed by atoms with Crippen LogP contribution in [0.1, 0.15) is 32.9 Å². The normalized spacial score (nSPS) is 25.9. The van der Waals surface area contributed by atoms with Crippen molar-refractivity contribution in [2.24, 2.45) is 5.73 Å². The van der Waals surface area contributed by atoms with Crippen LogP contribution in [0.4, 0.5) is 13.6 Å². The summed E-state index contributed by atoms with van der Waals surface area (Å²) in [6, 6.07) is 0. The van der Waals surface area contributed by atoms with E-state index in [1.807, 2.05) is 0 Å². The minimum Gasteiger partial charge on any atom is -0.443 e. The van der Waals surface area contributed by atoms with E-state index in [-0.39, 0.29) is 5.69 Å². The van der Waals surface area contributed by atoms with Gasteiger partial charge in [0.1, 0.15) is 17.5 Å². The number of ether oxygens (including phenoxy) is 1. The van der Waals surface area contributed by atoms with Crippen molar-refractivity contribution in [3.63, 3.8) is 0 Å². The maximum atomic E-state index is 13.1. The molecule has 1 saturated carbocycles. The largest absolute Gasteiger partial charge is 0.443 e. The number of aromatic nitrogens is 2. The molecule has 1 aliphatic carbocycles. The summed E-state index contributed by atoms with van der Waals surface area (Å²) in [7, 11) is 0. The van der Waals surface area contributed by atoms with Gasteiger partial charge in [0.2, 0.25) is 0 Å². The first-order valence-corrected chi connectivity index (χ1v) is 5.50. The van der Waals surface area contributed by atoms with Crippen LogP contribution in [0.3, 0.4) is 0 Å². The Morgan fingerprint density at radius 3 is 2.56 bits per heavy atom. The number of carbonyl (C=O) groups excluding carboxylic acids is 1. The minimum absolute atomic E-state index is 0.00152. The lowest BCUT2D eigenvalue weighted by Gasteiger charge is -2.19. The number of rotatable bonds is 1. The second-order valence-electron chi connectivity index (χ2n) is 5.50. The fraction of sp³-hybridized carbons (Fsp3) is 0.636. The highest BCUT2D eigenvalue weighted by atomic mass is 19.3. The molecule has 18 heavy (non-hydrogen) atoms. The Balaban J connectivity index is 2.15. The molecular formula is C11H15F2N3O2. The molecule has 5 nitrogen and oxygen atoms in total. The Morgan fingerprint density at radius 1 is 1.56 bits per heavy atom. The predicted molar refractivity (Wildman–Crippen MR) is 59.3 cm³/mol. The van der Waals surface area contributed by atoms with Crippen LogP contribution in [0, 0.1) is 0 Å². The molecule has 0 aliphatic heterocycles. The molecule has 0 amide bonds. The van der Waals surface area contributed by atoms with E-state index >= 15 is 0 Å². The molecule has 2 N–H and O–H groups in total. The third-order valence-electron chi connectivity index (χ3n) is 2.67. The van der Waals surface area contributed by atoms with Crippen LogP contribution in [0.5, 0.6) is 0 Å². The van der Waals surface area contributed by atoms with Gasteiger partial charge in [-0.2, -0.15) is 0 Å². The molecule has 0 spiro atoms. The van der Waals surface area contributed by atoms with Crippen molar-refractivity contribution in [2.45, 2.75) is 44.3 Å². The third-order valence-corrected chi connectivity index (χ3v) is 2.67. The van der Waals surface area contributed by atoms with E-state index < -0.39 is 29.6 Å². The van der Waals surface area contributed by atoms with Crippen molar-refractivity contribution >= 4 is 6.09 Å². The molecule has 7 heteroatoms. The summed E-state index contributed by atoms with van der Waals surface area (Å²) in [4.78, 5) is 15.4. The van der Waals surface area contributed by atoms with Crippen molar-refractivity contribution < 1.29 is 18.3 Å². The van der Waals surface area contributed by atoms with Gasteiger partial charge in [-0.1, -0.05) is 0 Å². The van der Waals surface area contributed by atoms with Gasteiger partial charge in [0, 0.05) is 12.6 Å². The minimum atomic E-state index is -2.96. The van der Waals surface area contributed by atoms with Gasteiger partial charge in [0.25, 0.3) is 5.92 Å². The first-order chi connectivity index (χ1) is 8.05. The first kappa shape index (κ1) is 12.9. The van der Waals surface area contributed by atoms with E-state index in [9.17, 15) is 13.6 Å². The van der Waals surface area contributed by atoms with E-state index in [4.69, 9.17) is 10.5 Å². The summed E-state index contributed by atoms with van der Waals surface area (Å²) in [5.41, 5.74) is 3.10. The molecule has 1 heterocycles. The van der Waals surface area contributed by atoms with Gasteiger partial charge in [0.15, 0.2) is 0 Å². The molecule has 1 aromatic heterocycles. The van der Waals surface area contributed by atoms with Crippen LogP contribution in [0.2, 0.25) is 0 Å². The lowest BCUT2D eigenvalue weighted by atomic mass is 10.2. The second-order valence-corrected chi connectivity index (χ2v) is 5.50. The smallest absolute Gasteiger partial charge is 0.419 e. The molecule has 100 valence electrons. The highest BCUT2D eigenvalue weighted by Crippen LogP contribution is 2.56. The number of carbonyl (C=O) groups is 1. The van der Waals surface area contributed by atoms with Crippen LogP contribution in [-0.4, -0.2) is 27.2 Å². The van der Waals surface area contributed by atoms with Crippen molar-refractivity contribution in [3.05, 3.63) is 18.2 Å². The number of imidazole rings is 1. The van der Waals surface area contributed by atoms with E-state index in [0.29, 0.717) is 0 Å². The maximum absolute atomic E-state index is 13.1. The highest BCUT2D eigenvalue weighted by molar-refractivity contribution is 5.70. The molecule has 0 bridgehead atoms. The van der Waals surface area contributed by atoms with Crippen molar-refractivity contribution in [1.29, 1.82) is 0 Å². The summed E-state index contributed by atoms with van der Waals surface area (Å²) in [6.45, 7) is 5.13. The predicted octanol–water partition coefficient (Wildman–Crippen LogP) is 1.86. The fourth-order valence-electron chi connectivity index (χ4n) is 1.55. The van der Waals surface area contributed by atoms with Gasteiger partial charge in [-0.25, -0.2) is 23.1 Å². The maximum Gasteiger partial charge on any atom is 0.419 e. The van der Waals surface area contributed by atoms with Crippen LogP contribution < -0.4 is 5.73 Å². The van der Waals surface area contributed by atoms with Crippen LogP contribution in [-0.2, 0) is 10.3 Å². The van der Waals surface area contributed by atoms with Crippen molar-refractivity contribution in [3.8, 4) is 0 Å². The molecule has 1 unspecified atom stereocenters. The van der Waals surface area contributed by atoms with E-state index in [2.05, 4.69) is 4.98 Å². The molecule has 2 rings (SSSR count). The summed E-state index contributed by atoms with van der Waals surface area (Å²) >= 11 is 0. The van der Waals surface area contributed by atoms with Gasteiger partial charge in [-0.05, 0) is 20.8 Å².